The molecule has 1 nitrogen and oxygen atoms in total. The predicted octanol–water partition coefficient (Wildman–Crippen LogP) is 4.12. The minimum absolute atomic E-state index is 0.308. The monoisotopic (exact) mass is 257 g/mol. The van der Waals surface area contributed by atoms with Gasteiger partial charge in [-0.2, -0.15) is 0 Å². The average Bonchev–Trinajstić information content (AvgIpc) is 3.19. The van der Waals surface area contributed by atoms with Crippen molar-refractivity contribution in [2.24, 2.45) is 23.5 Å². The van der Waals surface area contributed by atoms with Crippen molar-refractivity contribution in [3.05, 3.63) is 35.9 Å². The molecule has 19 heavy (non-hydrogen) atoms. The summed E-state index contributed by atoms with van der Waals surface area (Å²) in [5.74, 6) is 2.43. The average molecular weight is 257 g/mol. The Hall–Kier alpha value is -0.820. The summed E-state index contributed by atoms with van der Waals surface area (Å²) in [6.45, 7) is 4.80. The van der Waals surface area contributed by atoms with Crippen molar-refractivity contribution in [2.45, 2.75) is 57.4 Å². The van der Waals surface area contributed by atoms with Crippen molar-refractivity contribution in [3.8, 4) is 0 Å². The van der Waals surface area contributed by atoms with Gasteiger partial charge in [0.15, 0.2) is 0 Å². The van der Waals surface area contributed by atoms with Gasteiger partial charge in [0.25, 0.3) is 0 Å². The van der Waals surface area contributed by atoms with E-state index in [-0.39, 0.29) is 0 Å². The molecule has 2 fully saturated rings. The van der Waals surface area contributed by atoms with E-state index in [1.165, 1.54) is 37.7 Å². The van der Waals surface area contributed by atoms with Gasteiger partial charge in [-0.15, -0.1) is 0 Å². The van der Waals surface area contributed by atoms with Crippen LogP contribution in [-0.2, 0) is 5.41 Å². The SMILES string of the molecule is CC1CC(C)CC(C(N)C2(c3ccccc3)CC2)C1. The third-order valence-corrected chi connectivity index (χ3v) is 5.50. The minimum atomic E-state index is 0.308. The highest BCUT2D eigenvalue weighted by Gasteiger charge is 2.52. The highest BCUT2D eigenvalue weighted by Crippen LogP contribution is 2.54. The van der Waals surface area contributed by atoms with Crippen molar-refractivity contribution >= 4 is 0 Å². The first-order chi connectivity index (χ1) is 9.12. The smallest absolute Gasteiger partial charge is 0.0165 e. The quantitative estimate of drug-likeness (QED) is 0.866. The molecule has 0 amide bonds. The molecule has 0 radical (unpaired) electrons. The lowest BCUT2D eigenvalue weighted by Gasteiger charge is -2.38. The molecule has 0 heterocycles. The summed E-state index contributed by atoms with van der Waals surface area (Å²) in [4.78, 5) is 0. The molecule has 3 unspecified atom stereocenters. The van der Waals surface area contributed by atoms with Crippen LogP contribution in [-0.4, -0.2) is 6.04 Å². The van der Waals surface area contributed by atoms with Gasteiger partial charge in [0.1, 0.15) is 0 Å². The first kappa shape index (κ1) is 13.2. The Morgan fingerprint density at radius 3 is 2.11 bits per heavy atom. The van der Waals surface area contributed by atoms with Gasteiger partial charge >= 0.3 is 0 Å². The normalized spacial score (nSPS) is 34.8. The van der Waals surface area contributed by atoms with Gasteiger partial charge in [0.05, 0.1) is 0 Å². The summed E-state index contributed by atoms with van der Waals surface area (Å²) in [7, 11) is 0. The Labute approximate surface area is 117 Å². The van der Waals surface area contributed by atoms with Crippen LogP contribution >= 0.6 is 0 Å². The van der Waals surface area contributed by atoms with Crippen LogP contribution < -0.4 is 5.73 Å². The maximum atomic E-state index is 6.75. The van der Waals surface area contributed by atoms with Crippen LogP contribution in [0.2, 0.25) is 0 Å². The van der Waals surface area contributed by atoms with Crippen molar-refractivity contribution in [2.75, 3.05) is 0 Å². The molecule has 2 saturated carbocycles. The number of nitrogens with two attached hydrogens (primary N) is 1. The Kier molecular flexibility index (Phi) is 3.42. The first-order valence-corrected chi connectivity index (χ1v) is 7.93. The topological polar surface area (TPSA) is 26.0 Å². The van der Waals surface area contributed by atoms with E-state index in [0.717, 1.165) is 17.8 Å². The summed E-state index contributed by atoms with van der Waals surface area (Å²) in [5, 5.41) is 0. The van der Waals surface area contributed by atoms with Crippen LogP contribution in [0.4, 0.5) is 0 Å². The van der Waals surface area contributed by atoms with Crippen molar-refractivity contribution in [1.82, 2.24) is 0 Å². The molecule has 3 rings (SSSR count). The summed E-state index contributed by atoms with van der Waals surface area (Å²) < 4.78 is 0. The number of rotatable bonds is 3. The summed E-state index contributed by atoms with van der Waals surface area (Å²) >= 11 is 0. The largest absolute Gasteiger partial charge is 0.327 e. The predicted molar refractivity (Wildman–Crippen MR) is 81.0 cm³/mol. The van der Waals surface area contributed by atoms with Crippen molar-refractivity contribution < 1.29 is 0 Å². The fourth-order valence-corrected chi connectivity index (χ4v) is 4.47. The van der Waals surface area contributed by atoms with E-state index >= 15 is 0 Å². The first-order valence-electron chi connectivity index (χ1n) is 7.93. The molecule has 3 atom stereocenters. The molecule has 0 bridgehead atoms. The number of benzene rings is 1. The van der Waals surface area contributed by atoms with Gasteiger partial charge in [-0.05, 0) is 55.4 Å². The van der Waals surface area contributed by atoms with Crippen LogP contribution in [0.3, 0.4) is 0 Å². The zero-order chi connectivity index (χ0) is 13.5. The van der Waals surface area contributed by atoms with E-state index in [1.54, 1.807) is 0 Å². The Morgan fingerprint density at radius 2 is 1.58 bits per heavy atom. The maximum absolute atomic E-state index is 6.75. The van der Waals surface area contributed by atoms with Crippen LogP contribution in [0.5, 0.6) is 0 Å². The molecule has 1 aromatic rings. The molecule has 2 aliphatic carbocycles. The minimum Gasteiger partial charge on any atom is -0.327 e. The second kappa shape index (κ2) is 4.94. The summed E-state index contributed by atoms with van der Waals surface area (Å²) in [6.07, 6.45) is 6.64. The van der Waals surface area contributed by atoms with Crippen molar-refractivity contribution in [1.29, 1.82) is 0 Å². The van der Waals surface area contributed by atoms with E-state index in [1.807, 2.05) is 0 Å². The van der Waals surface area contributed by atoms with Crippen LogP contribution in [0.1, 0.15) is 51.5 Å². The molecule has 0 aromatic heterocycles. The van der Waals surface area contributed by atoms with Crippen LogP contribution in [0.15, 0.2) is 30.3 Å². The van der Waals surface area contributed by atoms with Gasteiger partial charge in [-0.1, -0.05) is 44.2 Å². The second-order valence-corrected chi connectivity index (χ2v) is 7.23. The molecular formula is C18H27N. The molecule has 0 aliphatic heterocycles. The molecular weight excluding hydrogens is 230 g/mol. The zero-order valence-electron chi connectivity index (χ0n) is 12.3. The molecule has 1 heteroatoms. The van der Waals surface area contributed by atoms with E-state index in [4.69, 9.17) is 5.73 Å². The lowest BCUT2D eigenvalue weighted by molar-refractivity contribution is 0.175. The second-order valence-electron chi connectivity index (χ2n) is 7.23. The van der Waals surface area contributed by atoms with E-state index in [9.17, 15) is 0 Å². The molecule has 104 valence electrons. The third kappa shape index (κ3) is 2.45. The van der Waals surface area contributed by atoms with Gasteiger partial charge in [0, 0.05) is 11.5 Å². The van der Waals surface area contributed by atoms with Gasteiger partial charge < -0.3 is 5.73 Å². The third-order valence-electron chi connectivity index (χ3n) is 5.50. The fraction of sp³-hybridized carbons (Fsp3) is 0.667. The lowest BCUT2D eigenvalue weighted by Crippen LogP contribution is -2.44. The Balaban J connectivity index is 1.78. The molecule has 2 N–H and O–H groups in total. The maximum Gasteiger partial charge on any atom is 0.0165 e. The van der Waals surface area contributed by atoms with Gasteiger partial charge in [-0.3, -0.25) is 0 Å². The molecule has 0 saturated heterocycles. The highest BCUT2D eigenvalue weighted by atomic mass is 14.8. The molecule has 1 aromatic carbocycles. The highest BCUT2D eigenvalue weighted by molar-refractivity contribution is 5.34. The van der Waals surface area contributed by atoms with Gasteiger partial charge in [-0.25, -0.2) is 0 Å². The fourth-order valence-electron chi connectivity index (χ4n) is 4.47. The van der Waals surface area contributed by atoms with E-state index in [0.29, 0.717) is 11.5 Å². The van der Waals surface area contributed by atoms with Crippen LogP contribution in [0.25, 0.3) is 0 Å². The standard InChI is InChI=1S/C18H27N/c1-13-10-14(2)12-15(11-13)17(19)18(8-9-18)16-6-4-3-5-7-16/h3-7,13-15,17H,8-12,19H2,1-2H3. The molecule has 0 spiro atoms. The van der Waals surface area contributed by atoms with Crippen molar-refractivity contribution in [3.63, 3.8) is 0 Å². The zero-order valence-corrected chi connectivity index (χ0v) is 12.3. The van der Waals surface area contributed by atoms with E-state index < -0.39 is 0 Å². The number of hydrogen-bond acceptors (Lipinski definition) is 1. The summed E-state index contributed by atoms with van der Waals surface area (Å²) in [6, 6.07) is 11.4. The molecule has 2 aliphatic rings. The lowest BCUT2D eigenvalue weighted by atomic mass is 9.69. The Morgan fingerprint density at radius 1 is 1.00 bits per heavy atom. The van der Waals surface area contributed by atoms with E-state index in [2.05, 4.69) is 44.2 Å². The Bertz CT molecular complexity index is 411. The van der Waals surface area contributed by atoms with Gasteiger partial charge in [0.2, 0.25) is 0 Å². The number of hydrogen-bond donors (Lipinski definition) is 1. The van der Waals surface area contributed by atoms with Crippen LogP contribution in [0, 0.1) is 17.8 Å². The summed E-state index contributed by atoms with van der Waals surface area (Å²) in [5.41, 5.74) is 8.53.